The highest BCUT2D eigenvalue weighted by atomic mass is 16.2. The Kier molecular flexibility index (Phi) is 10.1. The van der Waals surface area contributed by atoms with Gasteiger partial charge in [0.05, 0.1) is 60.6 Å². The molecule has 0 aliphatic carbocycles. The van der Waals surface area contributed by atoms with Crippen molar-refractivity contribution in [1.29, 1.82) is 0 Å². The Morgan fingerprint density at radius 3 is 2.34 bits per heavy atom. The summed E-state index contributed by atoms with van der Waals surface area (Å²) < 4.78 is 3.55. The van der Waals surface area contributed by atoms with Crippen LogP contribution in [0.15, 0.2) is 11.3 Å². The standard InChI is InChI=1S/C23H43N10O2/c1-23(2)21(34)31(22(35)26-23)13-11-16-33(5,6)19-20-18-30(29-27-20)14-17-32(3,4)15-10-8-7-9-12-25-28-24/h18H,7-17,19H2,1-6H3/q+1/p+1. The van der Waals surface area contributed by atoms with Crippen LogP contribution >= 0.6 is 0 Å². The number of hydrogen-bond acceptors (Lipinski definition) is 5. The van der Waals surface area contributed by atoms with E-state index in [1.165, 1.54) is 4.90 Å². The quantitative estimate of drug-likeness (QED) is 0.0949. The fourth-order valence-electron chi connectivity index (χ4n) is 4.32. The molecule has 0 atom stereocenters. The van der Waals surface area contributed by atoms with E-state index in [2.05, 4.69) is 53.8 Å². The number of nitrogens with one attached hydrogen (secondary N) is 1. The zero-order chi connectivity index (χ0) is 26.1. The van der Waals surface area contributed by atoms with Crippen LogP contribution in [0.1, 0.15) is 51.6 Å². The molecule has 0 saturated carbocycles. The highest BCUT2D eigenvalue weighted by molar-refractivity contribution is 6.06. The van der Waals surface area contributed by atoms with Crippen molar-refractivity contribution < 1.29 is 18.6 Å². The van der Waals surface area contributed by atoms with Gasteiger partial charge >= 0.3 is 6.03 Å². The molecule has 2 rings (SSSR count). The van der Waals surface area contributed by atoms with Crippen molar-refractivity contribution in [1.82, 2.24) is 25.2 Å². The number of carbonyl (C=O) groups excluding carboxylic acids is 2. The molecule has 1 fully saturated rings. The number of imide groups is 1. The van der Waals surface area contributed by atoms with Gasteiger partial charge in [0.1, 0.15) is 17.8 Å². The van der Waals surface area contributed by atoms with E-state index in [4.69, 9.17) is 5.53 Å². The van der Waals surface area contributed by atoms with E-state index in [1.807, 2.05) is 10.9 Å². The zero-order valence-corrected chi connectivity index (χ0v) is 22.4. The number of hydrogen-bond donors (Lipinski definition) is 1. The van der Waals surface area contributed by atoms with Gasteiger partial charge in [0.2, 0.25) is 0 Å². The number of nitrogens with zero attached hydrogens (tertiary/aromatic N) is 9. The molecule has 0 bridgehead atoms. The summed E-state index contributed by atoms with van der Waals surface area (Å²) in [4.78, 5) is 28.5. The van der Waals surface area contributed by atoms with E-state index in [-0.39, 0.29) is 11.9 Å². The van der Waals surface area contributed by atoms with Gasteiger partial charge in [0, 0.05) is 24.4 Å². The Balaban J connectivity index is 1.71. The molecule has 1 N–H and O–H groups in total. The smallest absolute Gasteiger partial charge is 0.325 e. The molecule has 0 spiro atoms. The summed E-state index contributed by atoms with van der Waals surface area (Å²) in [5.41, 5.74) is 8.43. The third-order valence-electron chi connectivity index (χ3n) is 6.53. The van der Waals surface area contributed by atoms with Crippen LogP contribution in [-0.4, -0.2) is 107 Å². The lowest BCUT2D eigenvalue weighted by atomic mass is 10.1. The molecule has 1 aliphatic heterocycles. The van der Waals surface area contributed by atoms with Gasteiger partial charge in [-0.15, -0.1) is 5.10 Å². The second-order valence-electron chi connectivity index (χ2n) is 11.4. The molecule has 1 aromatic rings. The first-order valence-corrected chi connectivity index (χ1v) is 12.5. The summed E-state index contributed by atoms with van der Waals surface area (Å²) in [6.07, 6.45) is 7.11. The molecule has 0 radical (unpaired) electrons. The summed E-state index contributed by atoms with van der Waals surface area (Å²) in [6, 6.07) is -0.306. The molecular formula is C23H44N10O2+2. The largest absolute Gasteiger partial charge is 0.327 e. The first-order chi connectivity index (χ1) is 16.4. The molecule has 12 heteroatoms. The zero-order valence-electron chi connectivity index (χ0n) is 22.4. The molecule has 2 heterocycles. The van der Waals surface area contributed by atoms with Crippen molar-refractivity contribution in [3.05, 3.63) is 22.3 Å². The summed E-state index contributed by atoms with van der Waals surface area (Å²) in [7, 11) is 8.73. The molecule has 1 aliphatic rings. The number of rotatable bonds is 16. The van der Waals surface area contributed by atoms with Crippen LogP contribution in [0.2, 0.25) is 0 Å². The third-order valence-corrected chi connectivity index (χ3v) is 6.53. The molecular weight excluding hydrogens is 448 g/mol. The monoisotopic (exact) mass is 492 g/mol. The summed E-state index contributed by atoms with van der Waals surface area (Å²) in [6.45, 7) is 8.91. The Morgan fingerprint density at radius 2 is 1.69 bits per heavy atom. The maximum atomic E-state index is 12.3. The van der Waals surface area contributed by atoms with Gasteiger partial charge in [0.15, 0.2) is 0 Å². The van der Waals surface area contributed by atoms with Gasteiger partial charge in [-0.2, -0.15) is 0 Å². The van der Waals surface area contributed by atoms with Gasteiger partial charge in [-0.1, -0.05) is 16.7 Å². The number of urea groups is 1. The fraction of sp³-hybridized carbons (Fsp3) is 0.826. The van der Waals surface area contributed by atoms with Crippen molar-refractivity contribution in [2.45, 2.75) is 64.6 Å². The minimum Gasteiger partial charge on any atom is -0.327 e. The van der Waals surface area contributed by atoms with Crippen molar-refractivity contribution in [2.24, 2.45) is 5.11 Å². The molecule has 0 unspecified atom stereocenters. The minimum atomic E-state index is -0.818. The summed E-state index contributed by atoms with van der Waals surface area (Å²) in [5.74, 6) is -0.164. The van der Waals surface area contributed by atoms with Gasteiger partial charge in [0.25, 0.3) is 5.91 Å². The van der Waals surface area contributed by atoms with Gasteiger partial charge < -0.3 is 14.3 Å². The summed E-state index contributed by atoms with van der Waals surface area (Å²) >= 11 is 0. The second kappa shape index (κ2) is 12.3. The average Bonchev–Trinajstić information content (AvgIpc) is 3.27. The van der Waals surface area contributed by atoms with Crippen LogP contribution in [0.25, 0.3) is 10.4 Å². The SMILES string of the molecule is CC1(C)NC(=O)N(CCC[N+](C)(C)Cc2cn(CC[N+](C)(C)CCCCCCN=[N+]=[N-])nn2)C1=O. The number of amides is 3. The lowest BCUT2D eigenvalue weighted by Crippen LogP contribution is -2.43. The first-order valence-electron chi connectivity index (χ1n) is 12.5. The number of quaternary nitrogens is 2. The van der Waals surface area contributed by atoms with Crippen LogP contribution in [0.3, 0.4) is 0 Å². The predicted octanol–water partition coefficient (Wildman–Crippen LogP) is 2.52. The van der Waals surface area contributed by atoms with E-state index in [0.29, 0.717) is 17.6 Å². The van der Waals surface area contributed by atoms with Gasteiger partial charge in [-0.3, -0.25) is 9.69 Å². The lowest BCUT2D eigenvalue weighted by Gasteiger charge is -2.30. The average molecular weight is 493 g/mol. The van der Waals surface area contributed by atoms with Crippen LogP contribution < -0.4 is 5.32 Å². The minimum absolute atomic E-state index is 0.164. The van der Waals surface area contributed by atoms with E-state index in [1.54, 1.807) is 13.8 Å². The Bertz CT molecular complexity index is 902. The van der Waals surface area contributed by atoms with Gasteiger partial charge in [-0.05, 0) is 38.6 Å². The number of likely N-dealkylation sites (N-methyl/N-ethyl adjacent to an activating group) is 1. The normalized spacial score (nSPS) is 15.9. The number of aromatic nitrogens is 3. The molecule has 196 valence electrons. The number of azide groups is 1. The summed E-state index contributed by atoms with van der Waals surface area (Å²) in [5, 5.41) is 15.0. The molecule has 35 heavy (non-hydrogen) atoms. The second-order valence-corrected chi connectivity index (χ2v) is 11.4. The highest BCUT2D eigenvalue weighted by Crippen LogP contribution is 2.17. The predicted molar refractivity (Wildman–Crippen MR) is 134 cm³/mol. The van der Waals surface area contributed by atoms with E-state index >= 15 is 0 Å². The van der Waals surface area contributed by atoms with E-state index < -0.39 is 5.54 Å². The van der Waals surface area contributed by atoms with E-state index in [9.17, 15) is 9.59 Å². The Labute approximate surface area is 209 Å². The van der Waals surface area contributed by atoms with Crippen molar-refractivity contribution >= 4 is 11.9 Å². The molecule has 1 saturated heterocycles. The molecule has 1 aromatic heterocycles. The van der Waals surface area contributed by atoms with Crippen LogP contribution in [0.4, 0.5) is 4.79 Å². The molecule has 0 aromatic carbocycles. The Hall–Kier alpha value is -2.69. The third kappa shape index (κ3) is 9.46. The fourth-order valence-corrected chi connectivity index (χ4v) is 4.32. The first kappa shape index (κ1) is 28.5. The maximum Gasteiger partial charge on any atom is 0.325 e. The van der Waals surface area contributed by atoms with Crippen molar-refractivity contribution in [3.63, 3.8) is 0 Å². The molecule has 12 nitrogen and oxygen atoms in total. The number of carbonyl (C=O) groups is 2. The van der Waals surface area contributed by atoms with Crippen molar-refractivity contribution in [3.8, 4) is 0 Å². The van der Waals surface area contributed by atoms with Crippen LogP contribution in [-0.2, 0) is 17.9 Å². The van der Waals surface area contributed by atoms with Crippen LogP contribution in [0, 0.1) is 0 Å². The highest BCUT2D eigenvalue weighted by Gasteiger charge is 2.43. The van der Waals surface area contributed by atoms with Crippen LogP contribution in [0.5, 0.6) is 0 Å². The van der Waals surface area contributed by atoms with Crippen molar-refractivity contribution in [2.75, 3.05) is 60.9 Å². The molecule has 3 amide bonds. The lowest BCUT2D eigenvalue weighted by molar-refractivity contribution is -0.904. The number of unbranched alkanes of at least 4 members (excludes halogenated alkanes) is 3. The maximum absolute atomic E-state index is 12.3. The topological polar surface area (TPSA) is 129 Å². The van der Waals surface area contributed by atoms with E-state index in [0.717, 1.165) is 75.0 Å². The van der Waals surface area contributed by atoms with Gasteiger partial charge in [-0.25, -0.2) is 9.48 Å². The Morgan fingerprint density at radius 1 is 1.00 bits per heavy atom.